The number of unbranched alkanes of at least 4 members (excludes halogenated alkanes) is 3. The molecule has 0 saturated carbocycles. The molecule has 0 aliphatic heterocycles. The molecule has 5 heteroatoms. The second-order valence-corrected chi connectivity index (χ2v) is 8.21. The predicted molar refractivity (Wildman–Crippen MR) is 136 cm³/mol. The normalized spacial score (nSPS) is 11.6. The van der Waals surface area contributed by atoms with Crippen molar-refractivity contribution in [3.8, 4) is 17.2 Å². The van der Waals surface area contributed by atoms with E-state index in [1.807, 2.05) is 50.3 Å². The number of aryl methyl sites for hydroxylation is 2. The summed E-state index contributed by atoms with van der Waals surface area (Å²) in [5, 5.41) is 3.94. The van der Waals surface area contributed by atoms with Crippen LogP contribution in [-0.4, -0.2) is 32.6 Å². The average molecular weight is 454 g/mol. The van der Waals surface area contributed by atoms with Gasteiger partial charge in [-0.2, -0.15) is 0 Å². The van der Waals surface area contributed by atoms with Crippen molar-refractivity contribution < 1.29 is 19.0 Å². The summed E-state index contributed by atoms with van der Waals surface area (Å²) in [5.41, 5.74) is 4.38. The lowest BCUT2D eigenvalue weighted by Gasteiger charge is -2.14. The van der Waals surface area contributed by atoms with Crippen LogP contribution in [0.3, 0.4) is 0 Å². The van der Waals surface area contributed by atoms with Crippen molar-refractivity contribution >= 4 is 5.71 Å². The molecular weight excluding hydrogens is 414 g/mol. The second-order valence-electron chi connectivity index (χ2n) is 8.21. The van der Waals surface area contributed by atoms with Gasteiger partial charge in [-0.25, -0.2) is 0 Å². The van der Waals surface area contributed by atoms with Crippen LogP contribution >= 0.6 is 0 Å². The number of rotatable bonds is 15. The van der Waals surface area contributed by atoms with Gasteiger partial charge in [0.25, 0.3) is 0 Å². The molecule has 0 spiro atoms. The molecule has 0 aliphatic rings. The standard InChI is InChI=1S/C28H39NO4/c1-6-7-16-32-27-19-22(2)28(23(3)20-27)33-18-11-9-8-10-17-31-26-14-12-25(13-15-26)21-24(4)29-30-5/h6-7,12-15,19-20H,8-11,16-18,21H2,1-5H3/b7-6+,29-24+. The molecular formula is C28H39NO4. The zero-order valence-corrected chi connectivity index (χ0v) is 20.9. The Hall–Kier alpha value is -2.95. The fourth-order valence-electron chi connectivity index (χ4n) is 3.57. The molecule has 5 nitrogen and oxygen atoms in total. The summed E-state index contributed by atoms with van der Waals surface area (Å²) in [6.45, 7) is 10.2. The summed E-state index contributed by atoms with van der Waals surface area (Å²) < 4.78 is 17.7. The summed E-state index contributed by atoms with van der Waals surface area (Å²) in [5.74, 6) is 2.77. The maximum atomic E-state index is 6.06. The van der Waals surface area contributed by atoms with Crippen molar-refractivity contribution in [1.82, 2.24) is 0 Å². The molecule has 180 valence electrons. The summed E-state index contributed by atoms with van der Waals surface area (Å²) >= 11 is 0. The highest BCUT2D eigenvalue weighted by atomic mass is 16.6. The van der Waals surface area contributed by atoms with Crippen LogP contribution in [0.25, 0.3) is 0 Å². The maximum absolute atomic E-state index is 6.06. The molecule has 0 bridgehead atoms. The number of nitrogens with zero attached hydrogens (tertiary/aromatic N) is 1. The molecule has 0 heterocycles. The summed E-state index contributed by atoms with van der Waals surface area (Å²) in [7, 11) is 1.57. The van der Waals surface area contributed by atoms with Crippen LogP contribution < -0.4 is 14.2 Å². The minimum absolute atomic E-state index is 0.592. The van der Waals surface area contributed by atoms with E-state index in [1.54, 1.807) is 7.11 Å². The van der Waals surface area contributed by atoms with Crippen molar-refractivity contribution in [3.63, 3.8) is 0 Å². The zero-order valence-electron chi connectivity index (χ0n) is 20.9. The first-order chi connectivity index (χ1) is 16.0. The SMILES string of the molecule is C/C=C/COc1cc(C)c(OCCCCCCOc2ccc(C/C(C)=N/OC)cc2)c(C)c1. The monoisotopic (exact) mass is 453 g/mol. The Morgan fingerprint density at radius 1 is 0.848 bits per heavy atom. The third kappa shape index (κ3) is 10.0. The van der Waals surface area contributed by atoms with Gasteiger partial charge in [0.1, 0.15) is 31.0 Å². The smallest absolute Gasteiger partial charge is 0.125 e. The van der Waals surface area contributed by atoms with E-state index in [9.17, 15) is 0 Å². The van der Waals surface area contributed by atoms with Gasteiger partial charge in [0.05, 0.1) is 18.9 Å². The molecule has 0 unspecified atom stereocenters. The highest BCUT2D eigenvalue weighted by Gasteiger charge is 2.07. The van der Waals surface area contributed by atoms with Crippen LogP contribution in [0.2, 0.25) is 0 Å². The molecule has 0 saturated heterocycles. The van der Waals surface area contributed by atoms with Crippen LogP contribution in [0.5, 0.6) is 17.2 Å². The summed E-state index contributed by atoms with van der Waals surface area (Å²) in [6, 6.07) is 12.3. The molecule has 2 aromatic carbocycles. The molecule has 0 fully saturated rings. The Balaban J connectivity index is 1.60. The third-order valence-corrected chi connectivity index (χ3v) is 5.20. The van der Waals surface area contributed by atoms with Gasteiger partial charge < -0.3 is 19.0 Å². The van der Waals surface area contributed by atoms with Gasteiger partial charge in [-0.1, -0.05) is 29.4 Å². The van der Waals surface area contributed by atoms with Gasteiger partial charge in [-0.05, 0) is 94.3 Å². The first kappa shape index (κ1) is 26.3. The van der Waals surface area contributed by atoms with Crippen LogP contribution in [0.15, 0.2) is 53.7 Å². The zero-order chi connectivity index (χ0) is 23.9. The molecule has 0 atom stereocenters. The van der Waals surface area contributed by atoms with E-state index in [-0.39, 0.29) is 0 Å². The molecule has 0 N–H and O–H groups in total. The first-order valence-electron chi connectivity index (χ1n) is 11.8. The van der Waals surface area contributed by atoms with E-state index in [4.69, 9.17) is 19.0 Å². The molecule has 0 amide bonds. The predicted octanol–water partition coefficient (Wildman–Crippen LogP) is 6.84. The number of hydrogen-bond donors (Lipinski definition) is 0. The van der Waals surface area contributed by atoms with Crippen molar-refractivity contribution in [2.75, 3.05) is 26.9 Å². The lowest BCUT2D eigenvalue weighted by Crippen LogP contribution is -2.03. The van der Waals surface area contributed by atoms with E-state index >= 15 is 0 Å². The lowest BCUT2D eigenvalue weighted by molar-refractivity contribution is 0.212. The average Bonchev–Trinajstić information content (AvgIpc) is 2.78. The Morgan fingerprint density at radius 3 is 2.09 bits per heavy atom. The molecule has 33 heavy (non-hydrogen) atoms. The minimum atomic E-state index is 0.592. The van der Waals surface area contributed by atoms with Gasteiger partial charge in [0.15, 0.2) is 0 Å². The summed E-state index contributed by atoms with van der Waals surface area (Å²) in [4.78, 5) is 4.80. The third-order valence-electron chi connectivity index (χ3n) is 5.20. The number of hydrogen-bond acceptors (Lipinski definition) is 5. The first-order valence-corrected chi connectivity index (χ1v) is 11.8. The molecule has 2 aromatic rings. The quantitative estimate of drug-likeness (QED) is 0.128. The minimum Gasteiger partial charge on any atom is -0.494 e. The fraction of sp³-hybridized carbons (Fsp3) is 0.464. The van der Waals surface area contributed by atoms with Gasteiger partial charge >= 0.3 is 0 Å². The van der Waals surface area contributed by atoms with Crippen molar-refractivity contribution in [1.29, 1.82) is 0 Å². The fourth-order valence-corrected chi connectivity index (χ4v) is 3.57. The maximum Gasteiger partial charge on any atom is 0.125 e. The van der Waals surface area contributed by atoms with E-state index in [1.165, 1.54) is 5.56 Å². The van der Waals surface area contributed by atoms with Crippen molar-refractivity contribution in [2.24, 2.45) is 5.16 Å². The Morgan fingerprint density at radius 2 is 1.48 bits per heavy atom. The van der Waals surface area contributed by atoms with Gasteiger partial charge in [-0.15, -0.1) is 0 Å². The molecule has 0 radical (unpaired) electrons. The second kappa shape index (κ2) is 15.0. The van der Waals surface area contributed by atoms with Crippen LogP contribution in [0.4, 0.5) is 0 Å². The van der Waals surface area contributed by atoms with Gasteiger partial charge in [0, 0.05) is 6.42 Å². The Bertz CT molecular complexity index is 864. The van der Waals surface area contributed by atoms with E-state index in [2.05, 4.69) is 31.1 Å². The topological polar surface area (TPSA) is 49.3 Å². The molecule has 0 aromatic heterocycles. The highest BCUT2D eigenvalue weighted by molar-refractivity contribution is 5.83. The van der Waals surface area contributed by atoms with Gasteiger partial charge in [-0.3, -0.25) is 0 Å². The molecule has 2 rings (SSSR count). The van der Waals surface area contributed by atoms with Crippen molar-refractivity contribution in [2.45, 2.75) is 59.8 Å². The number of ether oxygens (including phenoxy) is 3. The Kier molecular flexibility index (Phi) is 11.9. The highest BCUT2D eigenvalue weighted by Crippen LogP contribution is 2.28. The van der Waals surface area contributed by atoms with Crippen molar-refractivity contribution in [3.05, 3.63) is 65.2 Å². The van der Waals surface area contributed by atoms with Crippen LogP contribution in [0.1, 0.15) is 56.2 Å². The van der Waals surface area contributed by atoms with Crippen LogP contribution in [-0.2, 0) is 11.3 Å². The molecule has 0 aliphatic carbocycles. The summed E-state index contributed by atoms with van der Waals surface area (Å²) in [6.07, 6.45) is 9.10. The van der Waals surface area contributed by atoms with E-state index < -0.39 is 0 Å². The largest absolute Gasteiger partial charge is 0.494 e. The van der Waals surface area contributed by atoms with E-state index in [0.29, 0.717) is 6.61 Å². The van der Waals surface area contributed by atoms with Gasteiger partial charge in [0.2, 0.25) is 0 Å². The lowest BCUT2D eigenvalue weighted by atomic mass is 10.1. The van der Waals surface area contributed by atoms with E-state index in [0.717, 1.165) is 79.4 Å². The number of allylic oxidation sites excluding steroid dienone is 1. The Labute approximate surface area is 199 Å². The van der Waals surface area contributed by atoms with Crippen LogP contribution in [0, 0.1) is 13.8 Å². The number of oxime groups is 1. The number of benzene rings is 2.